The normalized spacial score (nSPS) is 14.2. The molecule has 2 rings (SSSR count). The summed E-state index contributed by atoms with van der Waals surface area (Å²) in [6.45, 7) is 5.44. The number of ether oxygens (including phenoxy) is 2. The average Bonchev–Trinajstić information content (AvgIpc) is 2.91. The molecule has 0 bridgehead atoms. The Morgan fingerprint density at radius 1 is 1.35 bits per heavy atom. The minimum Gasteiger partial charge on any atom is -0.454 e. The maximum Gasteiger partial charge on any atom is 0.239 e. The molecule has 0 saturated heterocycles. The standard InChI is InChI=1S/C15H22N2O3/c1-3-5-12(16)15(18)17(4-2)9-11-6-7-13-14(8-11)20-10-19-13/h6-8,12H,3-5,9-10,16H2,1-2H3. The molecule has 0 aromatic heterocycles. The summed E-state index contributed by atoms with van der Waals surface area (Å²) in [5.74, 6) is 1.50. The molecule has 110 valence electrons. The second kappa shape index (κ2) is 6.61. The molecule has 0 aliphatic carbocycles. The van der Waals surface area contributed by atoms with Gasteiger partial charge in [0, 0.05) is 13.1 Å². The highest BCUT2D eigenvalue weighted by molar-refractivity contribution is 5.81. The number of likely N-dealkylation sites (N-methyl/N-ethyl adjacent to an activating group) is 1. The van der Waals surface area contributed by atoms with Crippen LogP contribution in [0, 0.1) is 0 Å². The van der Waals surface area contributed by atoms with Crippen LogP contribution in [-0.4, -0.2) is 30.2 Å². The Bertz CT molecular complexity index is 476. The summed E-state index contributed by atoms with van der Waals surface area (Å²) in [7, 11) is 0. The van der Waals surface area contributed by atoms with Gasteiger partial charge < -0.3 is 20.1 Å². The lowest BCUT2D eigenvalue weighted by Crippen LogP contribution is -2.43. The van der Waals surface area contributed by atoms with Gasteiger partial charge in [0.2, 0.25) is 12.7 Å². The van der Waals surface area contributed by atoms with E-state index in [0.29, 0.717) is 13.1 Å². The zero-order chi connectivity index (χ0) is 14.5. The molecule has 20 heavy (non-hydrogen) atoms. The molecule has 1 aromatic carbocycles. The predicted octanol–water partition coefficient (Wildman–Crippen LogP) is 1.89. The van der Waals surface area contributed by atoms with Crippen LogP contribution in [0.25, 0.3) is 0 Å². The SMILES string of the molecule is CCCC(N)C(=O)N(CC)Cc1ccc2c(c1)OCO2. The van der Waals surface area contributed by atoms with Crippen molar-refractivity contribution in [1.82, 2.24) is 4.90 Å². The lowest BCUT2D eigenvalue weighted by molar-refractivity contribution is -0.133. The molecule has 0 fully saturated rings. The molecule has 1 atom stereocenters. The van der Waals surface area contributed by atoms with Gasteiger partial charge in [-0.15, -0.1) is 0 Å². The number of carbonyl (C=O) groups is 1. The fraction of sp³-hybridized carbons (Fsp3) is 0.533. The van der Waals surface area contributed by atoms with Gasteiger partial charge in [0.1, 0.15) is 0 Å². The summed E-state index contributed by atoms with van der Waals surface area (Å²) in [4.78, 5) is 14.0. The summed E-state index contributed by atoms with van der Waals surface area (Å²) in [5.41, 5.74) is 6.93. The number of nitrogens with two attached hydrogens (primary N) is 1. The summed E-state index contributed by atoms with van der Waals surface area (Å²) in [6, 6.07) is 5.34. The molecule has 5 nitrogen and oxygen atoms in total. The monoisotopic (exact) mass is 278 g/mol. The van der Waals surface area contributed by atoms with E-state index in [1.807, 2.05) is 32.0 Å². The van der Waals surface area contributed by atoms with E-state index in [9.17, 15) is 4.79 Å². The van der Waals surface area contributed by atoms with E-state index in [1.54, 1.807) is 4.90 Å². The van der Waals surface area contributed by atoms with E-state index in [4.69, 9.17) is 15.2 Å². The van der Waals surface area contributed by atoms with Crippen LogP contribution in [0.4, 0.5) is 0 Å². The van der Waals surface area contributed by atoms with Crippen LogP contribution < -0.4 is 15.2 Å². The lowest BCUT2D eigenvalue weighted by Gasteiger charge is -2.24. The highest BCUT2D eigenvalue weighted by Crippen LogP contribution is 2.32. The second-order valence-corrected chi connectivity index (χ2v) is 4.94. The second-order valence-electron chi connectivity index (χ2n) is 4.94. The Labute approximate surface area is 119 Å². The Morgan fingerprint density at radius 2 is 2.10 bits per heavy atom. The lowest BCUT2D eigenvalue weighted by atomic mass is 10.1. The minimum absolute atomic E-state index is 0.00650. The zero-order valence-electron chi connectivity index (χ0n) is 12.1. The number of amides is 1. The van der Waals surface area contributed by atoms with Crippen molar-refractivity contribution in [2.45, 2.75) is 39.3 Å². The van der Waals surface area contributed by atoms with Gasteiger partial charge in [-0.1, -0.05) is 19.4 Å². The summed E-state index contributed by atoms with van der Waals surface area (Å²) < 4.78 is 10.6. The van der Waals surface area contributed by atoms with Crippen LogP contribution in [0.5, 0.6) is 11.5 Å². The molecule has 5 heteroatoms. The fourth-order valence-electron chi connectivity index (χ4n) is 2.27. The predicted molar refractivity (Wildman–Crippen MR) is 76.5 cm³/mol. The topological polar surface area (TPSA) is 64.8 Å². The number of hydrogen-bond acceptors (Lipinski definition) is 4. The van der Waals surface area contributed by atoms with Crippen molar-refractivity contribution in [3.05, 3.63) is 23.8 Å². The van der Waals surface area contributed by atoms with E-state index < -0.39 is 6.04 Å². The largest absolute Gasteiger partial charge is 0.454 e. The Kier molecular flexibility index (Phi) is 4.84. The van der Waals surface area contributed by atoms with Gasteiger partial charge in [0.15, 0.2) is 11.5 Å². The van der Waals surface area contributed by atoms with E-state index in [-0.39, 0.29) is 12.7 Å². The first-order chi connectivity index (χ1) is 9.65. The molecule has 1 unspecified atom stereocenters. The Hall–Kier alpha value is -1.75. The van der Waals surface area contributed by atoms with Gasteiger partial charge in [0.25, 0.3) is 0 Å². The number of rotatable bonds is 6. The van der Waals surface area contributed by atoms with Crippen LogP contribution in [-0.2, 0) is 11.3 Å². The zero-order valence-corrected chi connectivity index (χ0v) is 12.1. The van der Waals surface area contributed by atoms with Crippen molar-refractivity contribution in [3.8, 4) is 11.5 Å². The third kappa shape index (κ3) is 3.22. The minimum atomic E-state index is -0.408. The van der Waals surface area contributed by atoms with E-state index in [1.165, 1.54) is 0 Å². The maximum absolute atomic E-state index is 12.2. The molecule has 0 radical (unpaired) electrons. The first kappa shape index (κ1) is 14.7. The summed E-state index contributed by atoms with van der Waals surface area (Å²) in [6.07, 6.45) is 1.63. The Balaban J connectivity index is 2.04. The van der Waals surface area contributed by atoms with Crippen molar-refractivity contribution in [2.24, 2.45) is 5.73 Å². The van der Waals surface area contributed by atoms with Gasteiger partial charge in [-0.25, -0.2) is 0 Å². The average molecular weight is 278 g/mol. The Morgan fingerprint density at radius 3 is 2.80 bits per heavy atom. The van der Waals surface area contributed by atoms with Gasteiger partial charge in [-0.2, -0.15) is 0 Å². The molecule has 1 aliphatic rings. The molecule has 1 amide bonds. The van der Waals surface area contributed by atoms with E-state index in [0.717, 1.165) is 29.9 Å². The molecule has 0 saturated carbocycles. The number of nitrogens with zero attached hydrogens (tertiary/aromatic N) is 1. The summed E-state index contributed by atoms with van der Waals surface area (Å²) >= 11 is 0. The van der Waals surface area contributed by atoms with Crippen molar-refractivity contribution < 1.29 is 14.3 Å². The maximum atomic E-state index is 12.2. The highest BCUT2D eigenvalue weighted by atomic mass is 16.7. The number of carbonyl (C=O) groups excluding carboxylic acids is 1. The third-order valence-electron chi connectivity index (χ3n) is 3.42. The number of benzene rings is 1. The molecule has 1 aromatic rings. The van der Waals surface area contributed by atoms with Gasteiger partial charge in [0.05, 0.1) is 6.04 Å². The molecule has 1 heterocycles. The first-order valence-electron chi connectivity index (χ1n) is 7.08. The van der Waals surface area contributed by atoms with Gasteiger partial charge in [-0.3, -0.25) is 4.79 Å². The van der Waals surface area contributed by atoms with Crippen LogP contribution in [0.15, 0.2) is 18.2 Å². The number of hydrogen-bond donors (Lipinski definition) is 1. The van der Waals surface area contributed by atoms with Crippen LogP contribution in [0.2, 0.25) is 0 Å². The van der Waals surface area contributed by atoms with Gasteiger partial charge in [-0.05, 0) is 31.0 Å². The quantitative estimate of drug-likeness (QED) is 0.863. The fourth-order valence-corrected chi connectivity index (χ4v) is 2.27. The molecular formula is C15H22N2O3. The van der Waals surface area contributed by atoms with Crippen LogP contribution in [0.1, 0.15) is 32.3 Å². The van der Waals surface area contributed by atoms with Crippen LogP contribution in [0.3, 0.4) is 0 Å². The van der Waals surface area contributed by atoms with E-state index >= 15 is 0 Å². The number of fused-ring (bicyclic) bond motifs is 1. The van der Waals surface area contributed by atoms with E-state index in [2.05, 4.69) is 0 Å². The smallest absolute Gasteiger partial charge is 0.239 e. The summed E-state index contributed by atoms with van der Waals surface area (Å²) in [5, 5.41) is 0. The van der Waals surface area contributed by atoms with Crippen LogP contribution >= 0.6 is 0 Å². The molecular weight excluding hydrogens is 256 g/mol. The highest BCUT2D eigenvalue weighted by Gasteiger charge is 2.20. The van der Waals surface area contributed by atoms with Crippen molar-refractivity contribution in [3.63, 3.8) is 0 Å². The van der Waals surface area contributed by atoms with Crippen molar-refractivity contribution in [1.29, 1.82) is 0 Å². The van der Waals surface area contributed by atoms with Gasteiger partial charge >= 0.3 is 0 Å². The van der Waals surface area contributed by atoms with Crippen molar-refractivity contribution >= 4 is 5.91 Å². The van der Waals surface area contributed by atoms with Crippen molar-refractivity contribution in [2.75, 3.05) is 13.3 Å². The molecule has 1 aliphatic heterocycles. The first-order valence-corrected chi connectivity index (χ1v) is 7.08. The molecule has 2 N–H and O–H groups in total. The molecule has 0 spiro atoms. The third-order valence-corrected chi connectivity index (χ3v) is 3.42.